The zero-order valence-corrected chi connectivity index (χ0v) is 9.46. The summed E-state index contributed by atoms with van der Waals surface area (Å²) in [5, 5.41) is 0.812. The Hall–Kier alpha value is -1.27. The fraction of sp³-hybridized carbons (Fsp3) is 0.143. The highest BCUT2D eigenvalue weighted by Gasteiger charge is 2.03. The normalized spacial score (nSPS) is 10.3. The maximum Gasteiger partial charge on any atom is 0.0409 e. The van der Waals surface area contributed by atoms with Crippen molar-refractivity contribution >= 4 is 11.6 Å². The lowest BCUT2D eigenvalue weighted by Crippen LogP contribution is -1.87. The molecule has 0 atom stereocenters. The second kappa shape index (κ2) is 4.50. The van der Waals surface area contributed by atoms with E-state index in [0.29, 0.717) is 0 Å². The first kappa shape index (κ1) is 10.3. The van der Waals surface area contributed by atoms with Gasteiger partial charge in [0, 0.05) is 5.02 Å². The molecule has 0 bridgehead atoms. The predicted molar refractivity (Wildman–Crippen MR) is 66.3 cm³/mol. The van der Waals surface area contributed by atoms with Gasteiger partial charge in [-0.1, -0.05) is 54.9 Å². The molecule has 0 aliphatic rings. The van der Waals surface area contributed by atoms with Crippen LogP contribution in [0.25, 0.3) is 11.1 Å². The molecule has 0 spiro atoms. The number of rotatable bonds is 2. The van der Waals surface area contributed by atoms with Gasteiger partial charge in [0.1, 0.15) is 0 Å². The number of hydrogen-bond donors (Lipinski definition) is 0. The van der Waals surface area contributed by atoms with Crippen molar-refractivity contribution in [1.29, 1.82) is 0 Å². The van der Waals surface area contributed by atoms with Gasteiger partial charge in [-0.05, 0) is 35.2 Å². The van der Waals surface area contributed by atoms with Gasteiger partial charge in [-0.15, -0.1) is 0 Å². The Morgan fingerprint density at radius 1 is 1.00 bits per heavy atom. The van der Waals surface area contributed by atoms with Crippen molar-refractivity contribution in [2.24, 2.45) is 0 Å². The molecule has 0 saturated heterocycles. The van der Waals surface area contributed by atoms with E-state index in [1.165, 1.54) is 16.7 Å². The van der Waals surface area contributed by atoms with Crippen LogP contribution >= 0.6 is 11.6 Å². The van der Waals surface area contributed by atoms with Crippen molar-refractivity contribution in [3.05, 3.63) is 59.1 Å². The van der Waals surface area contributed by atoms with E-state index in [4.69, 9.17) is 11.6 Å². The third-order valence-electron chi connectivity index (χ3n) is 2.53. The maximum absolute atomic E-state index is 5.98. The van der Waals surface area contributed by atoms with Gasteiger partial charge < -0.3 is 0 Å². The molecule has 2 aromatic carbocycles. The monoisotopic (exact) mass is 216 g/mol. The van der Waals surface area contributed by atoms with Crippen LogP contribution in [0.2, 0.25) is 5.02 Å². The summed E-state index contributed by atoms with van der Waals surface area (Å²) in [4.78, 5) is 0. The van der Waals surface area contributed by atoms with Crippen LogP contribution in [0.3, 0.4) is 0 Å². The van der Waals surface area contributed by atoms with E-state index in [0.717, 1.165) is 11.4 Å². The number of benzene rings is 2. The highest BCUT2D eigenvalue weighted by atomic mass is 35.5. The Kier molecular flexibility index (Phi) is 3.08. The van der Waals surface area contributed by atoms with Gasteiger partial charge in [-0.2, -0.15) is 0 Å². The van der Waals surface area contributed by atoms with E-state index in [1.54, 1.807) is 0 Å². The summed E-state index contributed by atoms with van der Waals surface area (Å²) in [6.45, 7) is 2.15. The zero-order valence-electron chi connectivity index (χ0n) is 8.70. The maximum atomic E-state index is 5.98. The minimum absolute atomic E-state index is 0.812. The van der Waals surface area contributed by atoms with Gasteiger partial charge in [-0.3, -0.25) is 0 Å². The van der Waals surface area contributed by atoms with E-state index in [-0.39, 0.29) is 0 Å². The van der Waals surface area contributed by atoms with Gasteiger partial charge in [0.25, 0.3) is 0 Å². The minimum atomic E-state index is 0.812. The summed E-state index contributed by atoms with van der Waals surface area (Å²) in [6.07, 6.45) is 1.00. The molecule has 0 aliphatic heterocycles. The Bertz CT molecular complexity index is 446. The van der Waals surface area contributed by atoms with Gasteiger partial charge >= 0.3 is 0 Å². The molecule has 0 fully saturated rings. The molecule has 0 amide bonds. The summed E-state index contributed by atoms with van der Waals surface area (Å²) in [6, 6.07) is 16.5. The molecule has 0 aromatic heterocycles. The molecule has 0 saturated carbocycles. The van der Waals surface area contributed by atoms with Crippen molar-refractivity contribution in [2.45, 2.75) is 13.3 Å². The average molecular weight is 217 g/mol. The Morgan fingerprint density at radius 2 is 1.73 bits per heavy atom. The fourth-order valence-electron chi connectivity index (χ4n) is 1.75. The Morgan fingerprint density at radius 3 is 2.40 bits per heavy atom. The smallest absolute Gasteiger partial charge is 0.0409 e. The number of halogens is 1. The summed E-state index contributed by atoms with van der Waals surface area (Å²) < 4.78 is 0. The van der Waals surface area contributed by atoms with E-state index < -0.39 is 0 Å². The van der Waals surface area contributed by atoms with E-state index >= 15 is 0 Å². The first-order valence-electron chi connectivity index (χ1n) is 5.15. The quantitative estimate of drug-likeness (QED) is 0.690. The van der Waals surface area contributed by atoms with Crippen LogP contribution in [-0.2, 0) is 6.42 Å². The molecule has 0 heterocycles. The molecule has 1 heteroatoms. The van der Waals surface area contributed by atoms with Crippen LogP contribution in [0.4, 0.5) is 0 Å². The summed E-state index contributed by atoms with van der Waals surface area (Å²) in [5.41, 5.74) is 3.84. The van der Waals surface area contributed by atoms with Crippen molar-refractivity contribution in [3.8, 4) is 11.1 Å². The molecule has 0 N–H and O–H groups in total. The molecule has 76 valence electrons. The number of aryl methyl sites for hydroxylation is 1. The van der Waals surface area contributed by atoms with Crippen LogP contribution in [-0.4, -0.2) is 0 Å². The van der Waals surface area contributed by atoms with Crippen molar-refractivity contribution in [1.82, 2.24) is 0 Å². The lowest BCUT2D eigenvalue weighted by molar-refractivity contribution is 1.14. The summed E-state index contributed by atoms with van der Waals surface area (Å²) in [7, 11) is 0. The Balaban J connectivity index is 2.53. The van der Waals surface area contributed by atoms with Crippen LogP contribution in [0.15, 0.2) is 48.5 Å². The van der Waals surface area contributed by atoms with Gasteiger partial charge in [0.05, 0.1) is 0 Å². The average Bonchev–Trinajstić information content (AvgIpc) is 2.30. The second-order valence-electron chi connectivity index (χ2n) is 3.52. The first-order valence-corrected chi connectivity index (χ1v) is 5.53. The molecular formula is C14H13Cl. The van der Waals surface area contributed by atoms with Crippen LogP contribution in [0.1, 0.15) is 12.5 Å². The van der Waals surface area contributed by atoms with Gasteiger partial charge in [0.2, 0.25) is 0 Å². The van der Waals surface area contributed by atoms with E-state index in [1.807, 2.05) is 18.2 Å². The van der Waals surface area contributed by atoms with E-state index in [9.17, 15) is 0 Å². The van der Waals surface area contributed by atoms with Crippen LogP contribution in [0.5, 0.6) is 0 Å². The third-order valence-corrected chi connectivity index (χ3v) is 2.77. The third kappa shape index (κ3) is 2.21. The Labute approximate surface area is 95.5 Å². The fourth-order valence-corrected chi connectivity index (χ4v) is 1.95. The standard InChI is InChI=1S/C14H13Cl/c1-2-11-10-13(15)8-9-14(11)12-6-4-3-5-7-12/h3-10H,2H2,1H3. The summed E-state index contributed by atoms with van der Waals surface area (Å²) >= 11 is 5.98. The van der Waals surface area contributed by atoms with Gasteiger partial charge in [0.15, 0.2) is 0 Å². The highest BCUT2D eigenvalue weighted by molar-refractivity contribution is 6.30. The largest absolute Gasteiger partial charge is 0.0843 e. The number of hydrogen-bond acceptors (Lipinski definition) is 0. The topological polar surface area (TPSA) is 0 Å². The van der Waals surface area contributed by atoms with Crippen molar-refractivity contribution in [3.63, 3.8) is 0 Å². The first-order chi connectivity index (χ1) is 7.31. The predicted octanol–water partition coefficient (Wildman–Crippen LogP) is 4.57. The zero-order chi connectivity index (χ0) is 10.7. The molecule has 2 rings (SSSR count). The summed E-state index contributed by atoms with van der Waals surface area (Å²) in [5.74, 6) is 0. The van der Waals surface area contributed by atoms with Crippen LogP contribution in [0, 0.1) is 0 Å². The van der Waals surface area contributed by atoms with E-state index in [2.05, 4.69) is 37.3 Å². The SMILES string of the molecule is CCc1cc(Cl)ccc1-c1ccccc1. The molecule has 0 radical (unpaired) electrons. The molecule has 2 aromatic rings. The lowest BCUT2D eigenvalue weighted by atomic mass is 9.98. The lowest BCUT2D eigenvalue weighted by Gasteiger charge is -2.08. The second-order valence-corrected chi connectivity index (χ2v) is 3.96. The highest BCUT2D eigenvalue weighted by Crippen LogP contribution is 2.26. The molecule has 0 unspecified atom stereocenters. The minimum Gasteiger partial charge on any atom is -0.0843 e. The van der Waals surface area contributed by atoms with Crippen molar-refractivity contribution in [2.75, 3.05) is 0 Å². The van der Waals surface area contributed by atoms with Gasteiger partial charge in [-0.25, -0.2) is 0 Å². The molecular weight excluding hydrogens is 204 g/mol. The van der Waals surface area contributed by atoms with Crippen molar-refractivity contribution < 1.29 is 0 Å². The molecule has 0 nitrogen and oxygen atoms in total. The molecule has 0 aliphatic carbocycles. The van der Waals surface area contributed by atoms with Crippen LogP contribution < -0.4 is 0 Å². The molecule has 15 heavy (non-hydrogen) atoms.